The monoisotopic (exact) mass is 254 g/mol. The number of ether oxygens (including phenoxy) is 1. The highest BCUT2D eigenvalue weighted by Gasteiger charge is 2.30. The van der Waals surface area contributed by atoms with Crippen molar-refractivity contribution in [1.29, 1.82) is 0 Å². The van der Waals surface area contributed by atoms with E-state index in [4.69, 9.17) is 4.74 Å². The molecule has 2 unspecified atom stereocenters. The highest BCUT2D eigenvalue weighted by molar-refractivity contribution is 5.79. The van der Waals surface area contributed by atoms with Crippen molar-refractivity contribution in [2.75, 3.05) is 39.9 Å². The van der Waals surface area contributed by atoms with Crippen LogP contribution in [0.5, 0.6) is 0 Å². The molecule has 2 aliphatic rings. The van der Waals surface area contributed by atoms with Gasteiger partial charge in [-0.2, -0.15) is 0 Å². The highest BCUT2D eigenvalue weighted by atomic mass is 16.5. The van der Waals surface area contributed by atoms with Gasteiger partial charge >= 0.3 is 0 Å². The molecule has 4 nitrogen and oxygen atoms in total. The number of piperidine rings is 1. The summed E-state index contributed by atoms with van der Waals surface area (Å²) in [7, 11) is 1.96. The Hall–Kier alpha value is -0.610. The fraction of sp³-hybridized carbons (Fsp3) is 0.929. The third-order valence-corrected chi connectivity index (χ3v) is 4.35. The Morgan fingerprint density at radius 2 is 2.06 bits per heavy atom. The summed E-state index contributed by atoms with van der Waals surface area (Å²) in [6.45, 7) is 6.75. The zero-order valence-electron chi connectivity index (χ0n) is 11.7. The van der Waals surface area contributed by atoms with Crippen molar-refractivity contribution in [3.05, 3.63) is 0 Å². The molecule has 2 atom stereocenters. The van der Waals surface area contributed by atoms with Gasteiger partial charge < -0.3 is 15.0 Å². The Morgan fingerprint density at radius 3 is 2.72 bits per heavy atom. The standard InChI is InChI=1S/C14H26N2O2/c1-11-9-15-6-3-13(11)14(17)16(2)10-12-4-7-18-8-5-12/h11-13,15H,3-10H2,1-2H3. The largest absolute Gasteiger partial charge is 0.381 e. The fourth-order valence-corrected chi connectivity index (χ4v) is 3.07. The molecule has 0 aromatic rings. The lowest BCUT2D eigenvalue weighted by atomic mass is 9.86. The van der Waals surface area contributed by atoms with E-state index in [1.54, 1.807) is 0 Å². The summed E-state index contributed by atoms with van der Waals surface area (Å²) < 4.78 is 5.36. The van der Waals surface area contributed by atoms with Gasteiger partial charge in [-0.25, -0.2) is 0 Å². The van der Waals surface area contributed by atoms with Gasteiger partial charge in [0.25, 0.3) is 0 Å². The first-order chi connectivity index (χ1) is 8.68. The van der Waals surface area contributed by atoms with Crippen LogP contribution in [0, 0.1) is 17.8 Å². The minimum absolute atomic E-state index is 0.219. The Bertz CT molecular complexity index is 277. The van der Waals surface area contributed by atoms with Crippen LogP contribution < -0.4 is 5.32 Å². The number of carbonyl (C=O) groups is 1. The SMILES string of the molecule is CC1CNCCC1C(=O)N(C)CC1CCOCC1. The molecule has 1 amide bonds. The van der Waals surface area contributed by atoms with Crippen LogP contribution in [0.4, 0.5) is 0 Å². The number of nitrogens with zero attached hydrogens (tertiary/aromatic N) is 1. The van der Waals surface area contributed by atoms with Crippen LogP contribution in [0.1, 0.15) is 26.2 Å². The summed E-state index contributed by atoms with van der Waals surface area (Å²) in [5, 5.41) is 3.35. The molecular weight excluding hydrogens is 228 g/mol. The van der Waals surface area contributed by atoms with Gasteiger partial charge in [0.15, 0.2) is 0 Å². The molecule has 0 aliphatic carbocycles. The van der Waals surface area contributed by atoms with Crippen LogP contribution in [-0.4, -0.2) is 50.7 Å². The highest BCUT2D eigenvalue weighted by Crippen LogP contribution is 2.22. The average molecular weight is 254 g/mol. The average Bonchev–Trinajstić information content (AvgIpc) is 2.39. The first-order valence-electron chi connectivity index (χ1n) is 7.22. The normalized spacial score (nSPS) is 30.1. The molecule has 0 spiro atoms. The Kier molecular flexibility index (Phi) is 5.01. The number of amides is 1. The van der Waals surface area contributed by atoms with E-state index >= 15 is 0 Å². The molecule has 1 N–H and O–H groups in total. The van der Waals surface area contributed by atoms with Crippen LogP contribution in [0.25, 0.3) is 0 Å². The molecule has 104 valence electrons. The maximum absolute atomic E-state index is 12.4. The van der Waals surface area contributed by atoms with Crippen molar-refractivity contribution in [2.24, 2.45) is 17.8 Å². The molecule has 2 fully saturated rings. The van der Waals surface area contributed by atoms with Gasteiger partial charge in [0, 0.05) is 32.7 Å². The summed E-state index contributed by atoms with van der Waals surface area (Å²) in [6, 6.07) is 0. The van der Waals surface area contributed by atoms with Gasteiger partial charge in [-0.05, 0) is 44.2 Å². The van der Waals surface area contributed by atoms with Crippen molar-refractivity contribution < 1.29 is 9.53 Å². The van der Waals surface area contributed by atoms with Crippen LogP contribution in [0.2, 0.25) is 0 Å². The maximum atomic E-state index is 12.4. The first kappa shape index (κ1) is 13.8. The molecule has 0 bridgehead atoms. The topological polar surface area (TPSA) is 41.6 Å². The second-order valence-corrected chi connectivity index (χ2v) is 5.85. The summed E-state index contributed by atoms with van der Waals surface area (Å²) in [6.07, 6.45) is 3.18. The quantitative estimate of drug-likeness (QED) is 0.820. The maximum Gasteiger partial charge on any atom is 0.225 e. The van der Waals surface area contributed by atoms with E-state index in [2.05, 4.69) is 12.2 Å². The Labute approximate surface area is 110 Å². The van der Waals surface area contributed by atoms with E-state index in [9.17, 15) is 4.79 Å². The van der Waals surface area contributed by atoms with Gasteiger partial charge in [0.1, 0.15) is 0 Å². The van der Waals surface area contributed by atoms with Crippen molar-refractivity contribution in [3.8, 4) is 0 Å². The number of nitrogens with one attached hydrogen (secondary N) is 1. The third kappa shape index (κ3) is 3.45. The molecule has 4 heteroatoms. The zero-order valence-corrected chi connectivity index (χ0v) is 11.7. The van der Waals surface area contributed by atoms with Gasteiger partial charge in [-0.3, -0.25) is 4.79 Å². The number of hydrogen-bond acceptors (Lipinski definition) is 3. The first-order valence-corrected chi connectivity index (χ1v) is 7.22. The van der Waals surface area contributed by atoms with Crippen LogP contribution in [-0.2, 0) is 9.53 Å². The number of hydrogen-bond donors (Lipinski definition) is 1. The molecule has 18 heavy (non-hydrogen) atoms. The molecule has 0 saturated carbocycles. The van der Waals surface area contributed by atoms with E-state index in [1.165, 1.54) is 0 Å². The summed E-state index contributed by atoms with van der Waals surface area (Å²) in [4.78, 5) is 14.4. The third-order valence-electron chi connectivity index (χ3n) is 4.35. The van der Waals surface area contributed by atoms with Crippen molar-refractivity contribution >= 4 is 5.91 Å². The molecular formula is C14H26N2O2. The number of rotatable bonds is 3. The van der Waals surface area contributed by atoms with Crippen molar-refractivity contribution in [2.45, 2.75) is 26.2 Å². The predicted molar refractivity (Wildman–Crippen MR) is 71.3 cm³/mol. The van der Waals surface area contributed by atoms with E-state index < -0.39 is 0 Å². The van der Waals surface area contributed by atoms with Gasteiger partial charge in [0.05, 0.1) is 0 Å². The molecule has 0 aromatic heterocycles. The van der Waals surface area contributed by atoms with Gasteiger partial charge in [0.2, 0.25) is 5.91 Å². The smallest absolute Gasteiger partial charge is 0.225 e. The Balaban J connectivity index is 1.83. The molecule has 2 saturated heterocycles. The zero-order chi connectivity index (χ0) is 13.0. The van der Waals surface area contributed by atoms with Crippen molar-refractivity contribution in [3.63, 3.8) is 0 Å². The van der Waals surface area contributed by atoms with Gasteiger partial charge in [-0.15, -0.1) is 0 Å². The molecule has 0 radical (unpaired) electrons. The van der Waals surface area contributed by atoms with Crippen LogP contribution >= 0.6 is 0 Å². The van der Waals surface area contributed by atoms with E-state index in [1.807, 2.05) is 11.9 Å². The van der Waals surface area contributed by atoms with Crippen molar-refractivity contribution in [1.82, 2.24) is 10.2 Å². The predicted octanol–water partition coefficient (Wildman–Crippen LogP) is 1.12. The second kappa shape index (κ2) is 6.53. The van der Waals surface area contributed by atoms with E-state index in [0.29, 0.717) is 17.7 Å². The summed E-state index contributed by atoms with van der Waals surface area (Å²) >= 11 is 0. The lowest BCUT2D eigenvalue weighted by Gasteiger charge is -2.34. The molecule has 2 rings (SSSR count). The fourth-order valence-electron chi connectivity index (χ4n) is 3.07. The van der Waals surface area contributed by atoms with Crippen LogP contribution in [0.15, 0.2) is 0 Å². The summed E-state index contributed by atoms with van der Waals surface area (Å²) in [5.74, 6) is 1.65. The molecule has 2 heterocycles. The lowest BCUT2D eigenvalue weighted by molar-refractivity contribution is -0.137. The minimum atomic E-state index is 0.219. The summed E-state index contributed by atoms with van der Waals surface area (Å²) in [5.41, 5.74) is 0. The van der Waals surface area contributed by atoms with Crippen LogP contribution in [0.3, 0.4) is 0 Å². The molecule has 0 aromatic carbocycles. The van der Waals surface area contributed by atoms with Gasteiger partial charge in [-0.1, -0.05) is 6.92 Å². The minimum Gasteiger partial charge on any atom is -0.381 e. The van der Waals surface area contributed by atoms with E-state index in [-0.39, 0.29) is 5.92 Å². The Morgan fingerprint density at radius 1 is 1.33 bits per heavy atom. The molecule has 2 aliphatic heterocycles. The second-order valence-electron chi connectivity index (χ2n) is 5.85. The number of carbonyl (C=O) groups excluding carboxylic acids is 1. The lowest BCUT2D eigenvalue weighted by Crippen LogP contribution is -2.45. The van der Waals surface area contributed by atoms with E-state index in [0.717, 1.165) is 52.1 Å².